The Labute approximate surface area is 130 Å². The van der Waals surface area contributed by atoms with Crippen molar-refractivity contribution < 1.29 is 13.2 Å². The van der Waals surface area contributed by atoms with E-state index < -0.39 is 9.84 Å². The van der Waals surface area contributed by atoms with Gasteiger partial charge in [-0.1, -0.05) is 23.7 Å². The van der Waals surface area contributed by atoms with Crippen molar-refractivity contribution in [2.45, 2.75) is 6.42 Å². The highest BCUT2D eigenvalue weighted by Gasteiger charge is 2.22. The monoisotopic (exact) mass is 330 g/mol. The molecule has 0 unspecified atom stereocenters. The number of nitrogens with zero attached hydrogens (tertiary/aromatic N) is 1. The van der Waals surface area contributed by atoms with Crippen LogP contribution in [0.2, 0.25) is 5.02 Å². The molecular weight excluding hydrogens is 312 g/mol. The van der Waals surface area contributed by atoms with E-state index in [-0.39, 0.29) is 24.0 Å². The summed E-state index contributed by atoms with van der Waals surface area (Å²) >= 11 is 5.81. The molecule has 1 fully saturated rings. The fourth-order valence-electron chi connectivity index (χ4n) is 2.16. The summed E-state index contributed by atoms with van der Waals surface area (Å²) in [6.45, 7) is 1.70. The Morgan fingerprint density at radius 2 is 1.81 bits per heavy atom. The van der Waals surface area contributed by atoms with Crippen molar-refractivity contribution in [3.05, 3.63) is 34.9 Å². The summed E-state index contributed by atoms with van der Waals surface area (Å²) in [6, 6.07) is 7.52. The molecule has 1 aromatic carbocycles. The van der Waals surface area contributed by atoms with Gasteiger partial charge in [-0.05, 0) is 24.1 Å². The second kappa shape index (κ2) is 7.24. The SMILES string of the molecule is O=C(CN1CCS(=O)(=O)CC1)NCCc1ccc(Cl)cc1. The van der Waals surface area contributed by atoms with E-state index >= 15 is 0 Å². The van der Waals surface area contributed by atoms with Gasteiger partial charge < -0.3 is 5.32 Å². The van der Waals surface area contributed by atoms with Gasteiger partial charge in [0.1, 0.15) is 0 Å². The van der Waals surface area contributed by atoms with Crippen LogP contribution in [0, 0.1) is 0 Å². The molecule has 0 aromatic heterocycles. The van der Waals surface area contributed by atoms with Crippen molar-refractivity contribution in [3.8, 4) is 0 Å². The van der Waals surface area contributed by atoms with Crippen LogP contribution in [0.5, 0.6) is 0 Å². The zero-order chi connectivity index (χ0) is 15.3. The van der Waals surface area contributed by atoms with Crippen LogP contribution >= 0.6 is 11.6 Å². The average molecular weight is 331 g/mol. The summed E-state index contributed by atoms with van der Waals surface area (Å²) in [5, 5.41) is 3.55. The van der Waals surface area contributed by atoms with Crippen LogP contribution in [0.15, 0.2) is 24.3 Å². The molecule has 1 aliphatic rings. The molecular formula is C14H19ClN2O3S. The molecule has 0 radical (unpaired) electrons. The molecule has 1 aromatic rings. The molecule has 0 aliphatic carbocycles. The third-order valence-electron chi connectivity index (χ3n) is 3.45. The van der Waals surface area contributed by atoms with Gasteiger partial charge >= 0.3 is 0 Å². The topological polar surface area (TPSA) is 66.5 Å². The molecule has 21 heavy (non-hydrogen) atoms. The van der Waals surface area contributed by atoms with Crippen LogP contribution in [0.25, 0.3) is 0 Å². The Kier molecular flexibility index (Phi) is 5.61. The number of nitrogens with one attached hydrogen (secondary N) is 1. The number of rotatable bonds is 5. The first-order valence-electron chi connectivity index (χ1n) is 6.88. The molecule has 116 valence electrons. The summed E-state index contributed by atoms with van der Waals surface area (Å²) in [5.74, 6) is 0.221. The highest BCUT2D eigenvalue weighted by atomic mass is 35.5. The van der Waals surface area contributed by atoms with Crippen LogP contribution in [0.4, 0.5) is 0 Å². The van der Waals surface area contributed by atoms with Crippen LogP contribution < -0.4 is 5.32 Å². The largest absolute Gasteiger partial charge is 0.355 e. The van der Waals surface area contributed by atoms with Crippen LogP contribution in [0.1, 0.15) is 5.56 Å². The van der Waals surface area contributed by atoms with Crippen molar-refractivity contribution in [1.29, 1.82) is 0 Å². The van der Waals surface area contributed by atoms with E-state index in [1.165, 1.54) is 0 Å². The first kappa shape index (κ1) is 16.3. The smallest absolute Gasteiger partial charge is 0.234 e. The summed E-state index contributed by atoms with van der Waals surface area (Å²) in [5.41, 5.74) is 1.11. The zero-order valence-corrected chi connectivity index (χ0v) is 13.3. The average Bonchev–Trinajstić information content (AvgIpc) is 2.43. The third kappa shape index (κ3) is 5.65. The maximum absolute atomic E-state index is 11.8. The maximum Gasteiger partial charge on any atom is 0.234 e. The quantitative estimate of drug-likeness (QED) is 0.864. The van der Waals surface area contributed by atoms with E-state index in [4.69, 9.17) is 11.6 Å². The lowest BCUT2D eigenvalue weighted by Crippen LogP contribution is -2.45. The number of hydrogen-bond acceptors (Lipinski definition) is 4. The lowest BCUT2D eigenvalue weighted by atomic mass is 10.1. The first-order valence-corrected chi connectivity index (χ1v) is 9.08. The van der Waals surface area contributed by atoms with Crippen molar-refractivity contribution >= 4 is 27.3 Å². The van der Waals surface area contributed by atoms with Gasteiger partial charge in [0.2, 0.25) is 5.91 Å². The molecule has 1 N–H and O–H groups in total. The minimum absolute atomic E-state index is 0.0664. The number of hydrogen-bond donors (Lipinski definition) is 1. The summed E-state index contributed by atoms with van der Waals surface area (Å²) in [6.07, 6.45) is 0.747. The number of carbonyl (C=O) groups is 1. The molecule has 2 rings (SSSR count). The van der Waals surface area contributed by atoms with Crippen LogP contribution in [-0.4, -0.2) is 56.9 Å². The summed E-state index contributed by atoms with van der Waals surface area (Å²) in [7, 11) is -2.89. The summed E-state index contributed by atoms with van der Waals surface area (Å²) < 4.78 is 22.6. The Morgan fingerprint density at radius 1 is 1.19 bits per heavy atom. The highest BCUT2D eigenvalue weighted by molar-refractivity contribution is 7.91. The number of halogens is 1. The van der Waals surface area contributed by atoms with Gasteiger partial charge in [0.25, 0.3) is 0 Å². The lowest BCUT2D eigenvalue weighted by molar-refractivity contribution is -0.122. The summed E-state index contributed by atoms with van der Waals surface area (Å²) in [4.78, 5) is 13.7. The Bertz CT molecular complexity index is 573. The van der Waals surface area contributed by atoms with Gasteiger partial charge in [-0.2, -0.15) is 0 Å². The molecule has 1 heterocycles. The van der Waals surface area contributed by atoms with Crippen molar-refractivity contribution in [2.24, 2.45) is 0 Å². The second-order valence-corrected chi connectivity index (χ2v) is 7.89. The van der Waals surface area contributed by atoms with E-state index in [0.29, 0.717) is 24.7 Å². The third-order valence-corrected chi connectivity index (χ3v) is 5.31. The van der Waals surface area contributed by atoms with Crippen molar-refractivity contribution in [2.75, 3.05) is 37.7 Å². The highest BCUT2D eigenvalue weighted by Crippen LogP contribution is 2.09. The molecule has 0 spiro atoms. The van der Waals surface area contributed by atoms with Gasteiger partial charge in [0.05, 0.1) is 18.1 Å². The molecule has 1 saturated heterocycles. The fraction of sp³-hybridized carbons (Fsp3) is 0.500. The van der Waals surface area contributed by atoms with E-state index in [9.17, 15) is 13.2 Å². The van der Waals surface area contributed by atoms with Crippen molar-refractivity contribution in [1.82, 2.24) is 10.2 Å². The standard InChI is InChI=1S/C14H19ClN2O3S/c15-13-3-1-12(2-4-13)5-6-16-14(18)11-17-7-9-21(19,20)10-8-17/h1-4H,5-11H2,(H,16,18). The number of benzene rings is 1. The van der Waals surface area contributed by atoms with Gasteiger partial charge in [-0.15, -0.1) is 0 Å². The van der Waals surface area contributed by atoms with E-state index in [2.05, 4.69) is 5.32 Å². The van der Waals surface area contributed by atoms with E-state index in [1.807, 2.05) is 29.2 Å². The normalized spacial score (nSPS) is 18.3. The van der Waals surface area contributed by atoms with E-state index in [0.717, 1.165) is 12.0 Å². The zero-order valence-electron chi connectivity index (χ0n) is 11.7. The molecule has 1 amide bonds. The molecule has 0 saturated carbocycles. The molecule has 0 atom stereocenters. The molecule has 5 nitrogen and oxygen atoms in total. The molecule has 0 bridgehead atoms. The van der Waals surface area contributed by atoms with Gasteiger partial charge in [-0.25, -0.2) is 8.42 Å². The molecule has 7 heteroatoms. The number of sulfone groups is 1. The van der Waals surface area contributed by atoms with Crippen LogP contribution in [-0.2, 0) is 21.1 Å². The Balaban J connectivity index is 1.67. The minimum atomic E-state index is -2.89. The Morgan fingerprint density at radius 3 is 2.43 bits per heavy atom. The number of amides is 1. The van der Waals surface area contributed by atoms with Gasteiger partial charge in [-0.3, -0.25) is 9.69 Å². The minimum Gasteiger partial charge on any atom is -0.355 e. The van der Waals surface area contributed by atoms with Crippen molar-refractivity contribution in [3.63, 3.8) is 0 Å². The predicted octanol–water partition coefficient (Wildman–Crippen LogP) is 0.729. The maximum atomic E-state index is 11.8. The van der Waals surface area contributed by atoms with Crippen LogP contribution in [0.3, 0.4) is 0 Å². The van der Waals surface area contributed by atoms with Gasteiger partial charge in [0, 0.05) is 24.7 Å². The van der Waals surface area contributed by atoms with E-state index in [1.54, 1.807) is 0 Å². The molecule has 1 aliphatic heterocycles. The first-order chi connectivity index (χ1) is 9.94. The Hall–Kier alpha value is -1.11. The lowest BCUT2D eigenvalue weighted by Gasteiger charge is -2.25. The number of carbonyl (C=O) groups excluding carboxylic acids is 1. The predicted molar refractivity (Wildman–Crippen MR) is 83.3 cm³/mol. The second-order valence-electron chi connectivity index (χ2n) is 5.15. The van der Waals surface area contributed by atoms with Gasteiger partial charge in [0.15, 0.2) is 9.84 Å². The fourth-order valence-corrected chi connectivity index (χ4v) is 3.57.